The Balaban J connectivity index is 5.28. The zero-order valence-corrected chi connectivity index (χ0v) is 20.0. The molecule has 30 heavy (non-hydrogen) atoms. The number of hydrogen-bond acceptors (Lipinski definition) is 7. The number of carbonyl (C=O) groups is 4. The first-order valence-corrected chi connectivity index (χ1v) is 12.0. The van der Waals surface area contributed by atoms with E-state index in [2.05, 4.69) is 28.6 Å². The van der Waals surface area contributed by atoms with E-state index in [0.29, 0.717) is 18.6 Å². The van der Waals surface area contributed by atoms with Gasteiger partial charge in [-0.05, 0) is 36.7 Å². The first kappa shape index (κ1) is 28.5. The highest BCUT2D eigenvalue weighted by atomic mass is 32.2. The molecule has 0 spiro atoms. The first-order valence-electron chi connectivity index (χ1n) is 9.93. The molecule has 0 saturated heterocycles. The molecule has 0 aliphatic rings. The van der Waals surface area contributed by atoms with E-state index in [1.54, 1.807) is 13.8 Å². The average molecular weight is 465 g/mol. The van der Waals surface area contributed by atoms with Gasteiger partial charge in [0.1, 0.15) is 18.1 Å². The third kappa shape index (κ3) is 10.5. The average Bonchev–Trinajstić information content (AvgIpc) is 2.65. The molecule has 4 unspecified atom stereocenters. The van der Waals surface area contributed by atoms with Gasteiger partial charge in [-0.15, -0.1) is 0 Å². The van der Waals surface area contributed by atoms with Crippen LogP contribution < -0.4 is 21.7 Å². The van der Waals surface area contributed by atoms with Crippen LogP contribution in [0.3, 0.4) is 0 Å². The van der Waals surface area contributed by atoms with Crippen molar-refractivity contribution in [3.63, 3.8) is 0 Å². The number of thiol groups is 1. The minimum atomic E-state index is -1.21. The van der Waals surface area contributed by atoms with Crippen molar-refractivity contribution in [2.75, 3.05) is 17.8 Å². The lowest BCUT2D eigenvalue weighted by molar-refractivity contribution is -0.142. The van der Waals surface area contributed by atoms with Crippen molar-refractivity contribution in [1.82, 2.24) is 16.0 Å². The fourth-order valence-corrected chi connectivity index (χ4v) is 3.35. The summed E-state index contributed by atoms with van der Waals surface area (Å²) in [5.41, 5.74) is 5.92. The molecule has 9 nitrogen and oxygen atoms in total. The number of hydrogen-bond donors (Lipinski definition) is 6. The van der Waals surface area contributed by atoms with Crippen LogP contribution in [-0.2, 0) is 19.2 Å². The molecule has 11 heteroatoms. The zero-order valence-electron chi connectivity index (χ0n) is 18.3. The summed E-state index contributed by atoms with van der Waals surface area (Å²) in [7, 11) is 0. The maximum absolute atomic E-state index is 12.9. The van der Waals surface area contributed by atoms with E-state index in [9.17, 15) is 19.2 Å². The van der Waals surface area contributed by atoms with Crippen LogP contribution in [0, 0.1) is 11.8 Å². The van der Waals surface area contributed by atoms with Gasteiger partial charge in [0.05, 0.1) is 6.04 Å². The lowest BCUT2D eigenvalue weighted by Gasteiger charge is -2.27. The van der Waals surface area contributed by atoms with Gasteiger partial charge in [0.25, 0.3) is 0 Å². The Labute approximate surface area is 188 Å². The molecule has 4 atom stereocenters. The van der Waals surface area contributed by atoms with Crippen LogP contribution in [0.5, 0.6) is 0 Å². The SMILES string of the molecule is CSCCC(NC(=O)C(N)CC(C)C)C(=O)NC(C(=O)NC(CS)C(=O)O)C(C)C. The van der Waals surface area contributed by atoms with Crippen LogP contribution >= 0.6 is 24.4 Å². The minimum Gasteiger partial charge on any atom is -0.480 e. The van der Waals surface area contributed by atoms with E-state index < -0.39 is 47.9 Å². The molecule has 0 saturated carbocycles. The van der Waals surface area contributed by atoms with E-state index >= 15 is 0 Å². The third-order valence-electron chi connectivity index (χ3n) is 4.35. The first-order chi connectivity index (χ1) is 13.9. The van der Waals surface area contributed by atoms with Crippen molar-refractivity contribution >= 4 is 48.1 Å². The van der Waals surface area contributed by atoms with E-state index in [1.165, 1.54) is 11.8 Å². The van der Waals surface area contributed by atoms with Crippen LogP contribution in [0.4, 0.5) is 0 Å². The standard InChI is InChI=1S/C19H36N4O5S2/c1-10(2)8-12(20)16(24)21-13(6-7-30-5)17(25)23-15(11(3)4)18(26)22-14(9-29)19(27)28/h10-15,29H,6-9,20H2,1-5H3,(H,21,24)(H,22,26)(H,23,25)(H,27,28). The molecular formula is C19H36N4O5S2. The van der Waals surface area contributed by atoms with Crippen molar-refractivity contribution in [2.45, 2.75) is 64.7 Å². The molecular weight excluding hydrogens is 428 g/mol. The monoisotopic (exact) mass is 464 g/mol. The predicted molar refractivity (Wildman–Crippen MR) is 123 cm³/mol. The largest absolute Gasteiger partial charge is 0.480 e. The van der Waals surface area contributed by atoms with Gasteiger partial charge >= 0.3 is 5.97 Å². The highest BCUT2D eigenvalue weighted by Gasteiger charge is 2.31. The predicted octanol–water partition coefficient (Wildman–Crippen LogP) is 0.238. The molecule has 0 aliphatic heterocycles. The molecule has 0 bridgehead atoms. The Kier molecular flexibility index (Phi) is 13.8. The molecule has 0 rings (SSSR count). The topological polar surface area (TPSA) is 151 Å². The van der Waals surface area contributed by atoms with Crippen LogP contribution in [0.15, 0.2) is 0 Å². The molecule has 174 valence electrons. The molecule has 0 aromatic carbocycles. The number of carboxylic acids is 1. The number of aliphatic carboxylic acids is 1. The number of nitrogens with two attached hydrogens (primary N) is 1. The zero-order chi connectivity index (χ0) is 23.4. The van der Waals surface area contributed by atoms with Gasteiger partial charge in [-0.25, -0.2) is 4.79 Å². The maximum Gasteiger partial charge on any atom is 0.327 e. The number of thioether (sulfide) groups is 1. The van der Waals surface area contributed by atoms with Gasteiger partial charge in [-0.3, -0.25) is 14.4 Å². The second kappa shape index (κ2) is 14.5. The quantitative estimate of drug-likeness (QED) is 0.202. The Bertz CT molecular complexity index is 589. The van der Waals surface area contributed by atoms with E-state index in [0.717, 1.165) is 0 Å². The molecule has 0 aromatic rings. The summed E-state index contributed by atoms with van der Waals surface area (Å²) in [4.78, 5) is 48.9. The van der Waals surface area contributed by atoms with Crippen molar-refractivity contribution in [1.29, 1.82) is 0 Å². The molecule has 0 fully saturated rings. The summed E-state index contributed by atoms with van der Waals surface area (Å²) in [6.45, 7) is 7.36. The summed E-state index contributed by atoms with van der Waals surface area (Å²) in [6.07, 6.45) is 2.74. The van der Waals surface area contributed by atoms with Gasteiger partial charge in [-0.2, -0.15) is 24.4 Å². The van der Waals surface area contributed by atoms with E-state index in [-0.39, 0.29) is 17.6 Å². The number of carbonyl (C=O) groups excluding carboxylic acids is 3. The van der Waals surface area contributed by atoms with Crippen molar-refractivity contribution < 1.29 is 24.3 Å². The van der Waals surface area contributed by atoms with Gasteiger partial charge < -0.3 is 26.8 Å². The highest BCUT2D eigenvalue weighted by molar-refractivity contribution is 7.98. The summed E-state index contributed by atoms with van der Waals surface area (Å²) >= 11 is 5.45. The number of amides is 3. The Hall–Kier alpha value is -1.46. The number of carboxylic acid groups (broad SMARTS) is 1. The second-order valence-corrected chi connectivity index (χ2v) is 9.24. The Morgan fingerprint density at radius 2 is 1.53 bits per heavy atom. The second-order valence-electron chi connectivity index (χ2n) is 7.89. The van der Waals surface area contributed by atoms with E-state index in [1.807, 2.05) is 20.1 Å². The van der Waals surface area contributed by atoms with Crippen molar-refractivity contribution in [2.24, 2.45) is 17.6 Å². The molecule has 6 N–H and O–H groups in total. The van der Waals surface area contributed by atoms with Crippen LogP contribution in [0.25, 0.3) is 0 Å². The van der Waals surface area contributed by atoms with Gasteiger partial charge in [0, 0.05) is 5.75 Å². The lowest BCUT2D eigenvalue weighted by Crippen LogP contribution is -2.58. The highest BCUT2D eigenvalue weighted by Crippen LogP contribution is 2.08. The summed E-state index contributed by atoms with van der Waals surface area (Å²) in [6, 6.07) is -3.71. The fourth-order valence-electron chi connectivity index (χ4n) is 2.63. The number of nitrogens with one attached hydrogen (secondary N) is 3. The molecule has 3 amide bonds. The van der Waals surface area contributed by atoms with Crippen LogP contribution in [0.1, 0.15) is 40.5 Å². The van der Waals surface area contributed by atoms with E-state index in [4.69, 9.17) is 10.8 Å². The van der Waals surface area contributed by atoms with Crippen LogP contribution in [0.2, 0.25) is 0 Å². The minimum absolute atomic E-state index is 0.0834. The molecule has 0 heterocycles. The normalized spacial score (nSPS) is 15.2. The van der Waals surface area contributed by atoms with Gasteiger partial charge in [-0.1, -0.05) is 27.7 Å². The molecule has 0 radical (unpaired) electrons. The van der Waals surface area contributed by atoms with Crippen molar-refractivity contribution in [3.8, 4) is 0 Å². The lowest BCUT2D eigenvalue weighted by atomic mass is 10.0. The smallest absolute Gasteiger partial charge is 0.327 e. The Morgan fingerprint density at radius 3 is 1.97 bits per heavy atom. The maximum atomic E-state index is 12.9. The summed E-state index contributed by atoms with van der Waals surface area (Å²) < 4.78 is 0. The summed E-state index contributed by atoms with van der Waals surface area (Å²) in [5.74, 6) is -2.30. The summed E-state index contributed by atoms with van der Waals surface area (Å²) in [5, 5.41) is 16.8. The third-order valence-corrected chi connectivity index (χ3v) is 5.36. The Morgan fingerprint density at radius 1 is 0.967 bits per heavy atom. The molecule has 0 aliphatic carbocycles. The van der Waals surface area contributed by atoms with Gasteiger partial charge in [0.2, 0.25) is 17.7 Å². The molecule has 0 aromatic heterocycles. The van der Waals surface area contributed by atoms with Crippen molar-refractivity contribution in [3.05, 3.63) is 0 Å². The van der Waals surface area contributed by atoms with Crippen LogP contribution in [-0.4, -0.2) is 70.7 Å². The number of rotatable bonds is 14. The van der Waals surface area contributed by atoms with Gasteiger partial charge in [0.15, 0.2) is 0 Å². The fraction of sp³-hybridized carbons (Fsp3) is 0.789.